The molecule has 0 radical (unpaired) electrons. The Bertz CT molecular complexity index is 559. The summed E-state index contributed by atoms with van der Waals surface area (Å²) < 4.78 is 26.2. The highest BCUT2D eigenvalue weighted by Crippen LogP contribution is 2.16. The molecule has 3 rings (SSSR count). The fraction of sp³-hybridized carbons (Fsp3) is 0.588. The number of amides is 1. The SMILES string of the molecule is Cl.O=C(c1ccc(F)c(F)c1)N1CCN(CC2CCNCC2)CC1. The van der Waals surface area contributed by atoms with Crippen LogP contribution >= 0.6 is 12.4 Å². The van der Waals surface area contributed by atoms with E-state index in [1.54, 1.807) is 4.90 Å². The fourth-order valence-electron chi connectivity index (χ4n) is 3.37. The van der Waals surface area contributed by atoms with E-state index in [2.05, 4.69) is 10.2 Å². The average molecular weight is 360 g/mol. The van der Waals surface area contributed by atoms with Gasteiger partial charge in [-0.05, 0) is 50.0 Å². The van der Waals surface area contributed by atoms with Gasteiger partial charge in [0, 0.05) is 38.3 Å². The lowest BCUT2D eigenvalue weighted by Crippen LogP contribution is -2.50. The standard InChI is InChI=1S/C17H23F2N3O.ClH/c18-15-2-1-14(11-16(15)19)17(23)22-9-7-21(8-10-22)12-13-3-5-20-6-4-13;/h1-2,11,13,20H,3-10,12H2;1H. The first kappa shape index (κ1) is 19.1. The van der Waals surface area contributed by atoms with Crippen molar-refractivity contribution < 1.29 is 13.6 Å². The predicted octanol–water partition coefficient (Wildman–Crippen LogP) is 2.14. The molecule has 134 valence electrons. The quantitative estimate of drug-likeness (QED) is 0.898. The number of halogens is 3. The summed E-state index contributed by atoms with van der Waals surface area (Å²) in [6, 6.07) is 3.34. The topological polar surface area (TPSA) is 35.6 Å². The molecule has 1 aromatic carbocycles. The molecule has 1 aromatic rings. The van der Waals surface area contributed by atoms with Gasteiger partial charge in [-0.2, -0.15) is 0 Å². The Kier molecular flexibility index (Phi) is 6.95. The number of hydrogen-bond donors (Lipinski definition) is 1. The van der Waals surface area contributed by atoms with Crippen LogP contribution in [0.2, 0.25) is 0 Å². The summed E-state index contributed by atoms with van der Waals surface area (Å²) in [5.74, 6) is -1.37. The second-order valence-electron chi connectivity index (χ2n) is 6.42. The predicted molar refractivity (Wildman–Crippen MR) is 91.5 cm³/mol. The molecule has 2 fully saturated rings. The molecule has 1 amide bonds. The number of hydrogen-bond acceptors (Lipinski definition) is 3. The molecule has 2 heterocycles. The molecule has 0 saturated carbocycles. The van der Waals surface area contributed by atoms with Crippen LogP contribution in [0.4, 0.5) is 8.78 Å². The van der Waals surface area contributed by atoms with Gasteiger partial charge in [0.05, 0.1) is 0 Å². The maximum absolute atomic E-state index is 13.3. The van der Waals surface area contributed by atoms with E-state index in [1.165, 1.54) is 18.9 Å². The third kappa shape index (κ3) is 4.65. The highest BCUT2D eigenvalue weighted by atomic mass is 35.5. The minimum absolute atomic E-state index is 0. The number of benzene rings is 1. The van der Waals surface area contributed by atoms with Crippen LogP contribution in [0.5, 0.6) is 0 Å². The molecule has 0 aliphatic carbocycles. The third-order valence-corrected chi connectivity index (χ3v) is 4.80. The molecule has 24 heavy (non-hydrogen) atoms. The van der Waals surface area contributed by atoms with Crippen LogP contribution in [0, 0.1) is 17.6 Å². The first-order chi connectivity index (χ1) is 11.1. The number of carbonyl (C=O) groups is 1. The van der Waals surface area contributed by atoms with Crippen molar-refractivity contribution in [2.24, 2.45) is 5.92 Å². The van der Waals surface area contributed by atoms with Gasteiger partial charge >= 0.3 is 0 Å². The molecular weight excluding hydrogens is 336 g/mol. The van der Waals surface area contributed by atoms with Crippen LogP contribution in [0.3, 0.4) is 0 Å². The Morgan fingerprint density at radius 2 is 1.75 bits per heavy atom. The molecular formula is C17H24ClF2N3O. The molecule has 0 spiro atoms. The first-order valence-corrected chi connectivity index (χ1v) is 8.31. The maximum Gasteiger partial charge on any atom is 0.254 e. The van der Waals surface area contributed by atoms with Gasteiger partial charge in [-0.15, -0.1) is 12.4 Å². The van der Waals surface area contributed by atoms with Crippen LogP contribution < -0.4 is 5.32 Å². The second kappa shape index (κ2) is 8.74. The number of rotatable bonds is 3. The number of piperidine rings is 1. The van der Waals surface area contributed by atoms with Gasteiger partial charge in [-0.1, -0.05) is 0 Å². The van der Waals surface area contributed by atoms with Crippen molar-refractivity contribution in [3.63, 3.8) is 0 Å². The Morgan fingerprint density at radius 3 is 2.38 bits per heavy atom. The second-order valence-corrected chi connectivity index (χ2v) is 6.42. The minimum Gasteiger partial charge on any atom is -0.336 e. The number of piperazine rings is 1. The Hall–Kier alpha value is -1.24. The number of nitrogens with one attached hydrogen (secondary N) is 1. The zero-order chi connectivity index (χ0) is 16.2. The molecule has 2 aliphatic rings. The van der Waals surface area contributed by atoms with Crippen molar-refractivity contribution >= 4 is 18.3 Å². The Balaban J connectivity index is 0.00000208. The zero-order valence-corrected chi connectivity index (χ0v) is 14.5. The maximum atomic E-state index is 13.3. The molecule has 2 aliphatic heterocycles. The van der Waals surface area contributed by atoms with Crippen LogP contribution in [0.1, 0.15) is 23.2 Å². The Labute approximate surface area is 147 Å². The molecule has 1 N–H and O–H groups in total. The molecule has 7 heteroatoms. The Morgan fingerprint density at radius 1 is 1.08 bits per heavy atom. The van der Waals surface area contributed by atoms with Gasteiger partial charge in [0.2, 0.25) is 0 Å². The van der Waals surface area contributed by atoms with Gasteiger partial charge in [0.25, 0.3) is 5.91 Å². The highest BCUT2D eigenvalue weighted by Gasteiger charge is 2.24. The average Bonchev–Trinajstić information content (AvgIpc) is 2.58. The van der Waals surface area contributed by atoms with E-state index < -0.39 is 11.6 Å². The van der Waals surface area contributed by atoms with Crippen molar-refractivity contribution in [2.75, 3.05) is 45.8 Å². The summed E-state index contributed by atoms with van der Waals surface area (Å²) in [5, 5.41) is 3.37. The van der Waals surface area contributed by atoms with E-state index >= 15 is 0 Å². The summed E-state index contributed by atoms with van der Waals surface area (Å²) in [6.07, 6.45) is 2.43. The zero-order valence-electron chi connectivity index (χ0n) is 13.6. The van der Waals surface area contributed by atoms with E-state index in [0.717, 1.165) is 50.8 Å². The smallest absolute Gasteiger partial charge is 0.254 e. The number of nitrogens with zero attached hydrogens (tertiary/aromatic N) is 2. The van der Waals surface area contributed by atoms with Crippen molar-refractivity contribution in [1.82, 2.24) is 15.1 Å². The fourth-order valence-corrected chi connectivity index (χ4v) is 3.37. The van der Waals surface area contributed by atoms with Crippen LogP contribution in [0.25, 0.3) is 0 Å². The van der Waals surface area contributed by atoms with Crippen molar-refractivity contribution in [3.8, 4) is 0 Å². The van der Waals surface area contributed by atoms with Crippen molar-refractivity contribution in [1.29, 1.82) is 0 Å². The molecule has 0 bridgehead atoms. The number of carbonyl (C=O) groups excluding carboxylic acids is 1. The molecule has 0 unspecified atom stereocenters. The van der Waals surface area contributed by atoms with E-state index in [4.69, 9.17) is 0 Å². The minimum atomic E-state index is -0.972. The van der Waals surface area contributed by atoms with Gasteiger partial charge < -0.3 is 10.2 Å². The van der Waals surface area contributed by atoms with E-state index in [9.17, 15) is 13.6 Å². The van der Waals surface area contributed by atoms with E-state index in [1.807, 2.05) is 0 Å². The van der Waals surface area contributed by atoms with E-state index in [0.29, 0.717) is 13.1 Å². The molecule has 2 saturated heterocycles. The van der Waals surface area contributed by atoms with Crippen molar-refractivity contribution in [2.45, 2.75) is 12.8 Å². The first-order valence-electron chi connectivity index (χ1n) is 8.31. The largest absolute Gasteiger partial charge is 0.336 e. The lowest BCUT2D eigenvalue weighted by molar-refractivity contribution is 0.0608. The van der Waals surface area contributed by atoms with Crippen molar-refractivity contribution in [3.05, 3.63) is 35.4 Å². The summed E-state index contributed by atoms with van der Waals surface area (Å²) in [4.78, 5) is 16.5. The molecule has 0 aromatic heterocycles. The summed E-state index contributed by atoms with van der Waals surface area (Å²) >= 11 is 0. The lowest BCUT2D eigenvalue weighted by atomic mass is 9.97. The van der Waals surface area contributed by atoms with Crippen LogP contribution in [0.15, 0.2) is 18.2 Å². The third-order valence-electron chi connectivity index (χ3n) is 4.80. The summed E-state index contributed by atoms with van der Waals surface area (Å²) in [5.41, 5.74) is 0.218. The highest BCUT2D eigenvalue weighted by molar-refractivity contribution is 5.94. The normalized spacial score (nSPS) is 19.8. The molecule has 4 nitrogen and oxygen atoms in total. The van der Waals surface area contributed by atoms with Gasteiger partial charge in [0.15, 0.2) is 11.6 Å². The van der Waals surface area contributed by atoms with Crippen LogP contribution in [-0.2, 0) is 0 Å². The van der Waals surface area contributed by atoms with E-state index in [-0.39, 0.29) is 23.9 Å². The monoisotopic (exact) mass is 359 g/mol. The van der Waals surface area contributed by atoms with Gasteiger partial charge in [0.1, 0.15) is 0 Å². The lowest BCUT2D eigenvalue weighted by Gasteiger charge is -2.37. The summed E-state index contributed by atoms with van der Waals surface area (Å²) in [6.45, 7) is 6.26. The van der Waals surface area contributed by atoms with Gasteiger partial charge in [-0.3, -0.25) is 9.69 Å². The van der Waals surface area contributed by atoms with Crippen LogP contribution in [-0.4, -0.2) is 61.5 Å². The molecule has 0 atom stereocenters. The summed E-state index contributed by atoms with van der Waals surface area (Å²) in [7, 11) is 0. The van der Waals surface area contributed by atoms with Gasteiger partial charge in [-0.25, -0.2) is 8.78 Å².